The number of aryl methyl sites for hydroxylation is 1. The van der Waals surface area contributed by atoms with E-state index < -0.39 is 9.84 Å². The third kappa shape index (κ3) is 6.04. The van der Waals surface area contributed by atoms with Crippen LogP contribution in [0.25, 0.3) is 11.0 Å². The van der Waals surface area contributed by atoms with E-state index in [1.165, 1.54) is 13.2 Å². The van der Waals surface area contributed by atoms with Crippen LogP contribution in [-0.4, -0.2) is 58.3 Å². The summed E-state index contributed by atoms with van der Waals surface area (Å²) in [5, 5.41) is 7.31. The fourth-order valence-electron chi connectivity index (χ4n) is 6.03. The van der Waals surface area contributed by atoms with Crippen molar-refractivity contribution in [3.05, 3.63) is 51.6 Å². The third-order valence-corrected chi connectivity index (χ3v) is 9.06. The van der Waals surface area contributed by atoms with Gasteiger partial charge in [-0.25, -0.2) is 18.4 Å². The van der Waals surface area contributed by atoms with Gasteiger partial charge in [-0.05, 0) is 75.6 Å². The van der Waals surface area contributed by atoms with Crippen LogP contribution in [0, 0.1) is 6.92 Å². The fourth-order valence-corrected chi connectivity index (χ4v) is 6.74. The molecule has 0 bridgehead atoms. The minimum absolute atomic E-state index is 0.0186. The molecular weight excluding hydrogens is 516 g/mol. The maximum absolute atomic E-state index is 13.4. The second-order valence-electron chi connectivity index (χ2n) is 11.0. The van der Waals surface area contributed by atoms with E-state index in [1.54, 1.807) is 17.7 Å². The summed E-state index contributed by atoms with van der Waals surface area (Å²) in [5.41, 5.74) is 2.21. The van der Waals surface area contributed by atoms with Gasteiger partial charge in [0, 0.05) is 36.1 Å². The number of nitrogens with one attached hydrogen (secondary N) is 2. The van der Waals surface area contributed by atoms with E-state index in [2.05, 4.69) is 20.6 Å². The molecule has 0 spiro atoms. The second kappa shape index (κ2) is 11.1. The Kier molecular flexibility index (Phi) is 7.82. The van der Waals surface area contributed by atoms with Gasteiger partial charge in [-0.3, -0.25) is 14.2 Å². The predicted octanol–water partition coefficient (Wildman–Crippen LogP) is 3.83. The number of aromatic nitrogens is 4. The lowest BCUT2D eigenvalue weighted by atomic mass is 9.86. The van der Waals surface area contributed by atoms with Gasteiger partial charge in [0.15, 0.2) is 5.78 Å². The van der Waals surface area contributed by atoms with Gasteiger partial charge >= 0.3 is 0 Å². The van der Waals surface area contributed by atoms with Gasteiger partial charge in [-0.1, -0.05) is 18.9 Å². The van der Waals surface area contributed by atoms with Gasteiger partial charge in [-0.2, -0.15) is 4.98 Å². The molecule has 0 radical (unpaired) electrons. The van der Waals surface area contributed by atoms with Gasteiger partial charge in [0.2, 0.25) is 5.95 Å². The molecule has 2 unspecified atom stereocenters. The van der Waals surface area contributed by atoms with Crippen molar-refractivity contribution in [1.29, 1.82) is 0 Å². The molecule has 10 nitrogen and oxygen atoms in total. The Hall–Kier alpha value is -3.18. The lowest BCUT2D eigenvalue weighted by Gasteiger charge is -2.30. The van der Waals surface area contributed by atoms with Gasteiger partial charge in [-0.15, -0.1) is 0 Å². The molecular formula is C28H36N6O4S. The van der Waals surface area contributed by atoms with Crippen molar-refractivity contribution in [3.63, 3.8) is 0 Å². The number of hydrogen-bond donors (Lipinski definition) is 2. The fraction of sp³-hybridized carbons (Fsp3) is 0.536. The Bertz CT molecular complexity index is 1550. The number of carbonyl (C=O) groups excluding carboxylic acids is 1. The number of carbonyl (C=O) groups is 1. The number of piperidine rings is 1. The smallest absolute Gasteiger partial charge is 0.263 e. The van der Waals surface area contributed by atoms with E-state index in [0.29, 0.717) is 40.7 Å². The van der Waals surface area contributed by atoms with Crippen molar-refractivity contribution >= 4 is 38.4 Å². The molecule has 3 aromatic heterocycles. The zero-order chi connectivity index (χ0) is 27.7. The quantitative estimate of drug-likeness (QED) is 0.400. The molecule has 1 aliphatic heterocycles. The van der Waals surface area contributed by atoms with Crippen molar-refractivity contribution in [1.82, 2.24) is 24.8 Å². The average Bonchev–Trinajstić information content (AvgIpc) is 3.42. The summed E-state index contributed by atoms with van der Waals surface area (Å²) >= 11 is 0. The molecule has 1 saturated heterocycles. The first kappa shape index (κ1) is 27.4. The number of anilines is 2. The SMILES string of the molecule is CC(=O)c1c(C)c2cnc(Nc3ccc(C4CCNC(CCS(C)(=O)=O)C4)cn3)nc2n(C2CCCC2)c1=O. The highest BCUT2D eigenvalue weighted by Crippen LogP contribution is 2.32. The number of ketones is 1. The van der Waals surface area contributed by atoms with E-state index >= 15 is 0 Å². The minimum Gasteiger partial charge on any atom is -0.314 e. The highest BCUT2D eigenvalue weighted by molar-refractivity contribution is 7.90. The number of rotatable bonds is 8. The maximum Gasteiger partial charge on any atom is 0.263 e. The van der Waals surface area contributed by atoms with Gasteiger partial charge < -0.3 is 10.6 Å². The Balaban J connectivity index is 1.38. The summed E-state index contributed by atoms with van der Waals surface area (Å²) in [6.45, 7) is 4.06. The zero-order valence-corrected chi connectivity index (χ0v) is 23.6. The molecule has 1 aliphatic carbocycles. The lowest BCUT2D eigenvalue weighted by molar-refractivity contribution is 0.101. The van der Waals surface area contributed by atoms with Crippen LogP contribution in [0.15, 0.2) is 29.3 Å². The first-order valence-electron chi connectivity index (χ1n) is 13.7. The Morgan fingerprint density at radius 2 is 1.92 bits per heavy atom. The number of Topliss-reactive ketones (excluding diaryl/α,β-unsaturated/α-hetero) is 1. The van der Waals surface area contributed by atoms with Crippen molar-refractivity contribution in [2.75, 3.05) is 23.9 Å². The van der Waals surface area contributed by atoms with Crippen LogP contribution in [0.4, 0.5) is 11.8 Å². The van der Waals surface area contributed by atoms with Gasteiger partial charge in [0.05, 0.1) is 11.3 Å². The number of pyridine rings is 2. The Morgan fingerprint density at radius 1 is 1.15 bits per heavy atom. The summed E-state index contributed by atoms with van der Waals surface area (Å²) in [6, 6.07) is 4.12. The maximum atomic E-state index is 13.4. The molecule has 0 aromatic carbocycles. The summed E-state index contributed by atoms with van der Waals surface area (Å²) < 4.78 is 24.8. The second-order valence-corrected chi connectivity index (χ2v) is 13.3. The van der Waals surface area contributed by atoms with Crippen molar-refractivity contribution in [3.8, 4) is 0 Å². The molecule has 2 aliphatic rings. The Morgan fingerprint density at radius 3 is 2.59 bits per heavy atom. The molecule has 0 amide bonds. The zero-order valence-electron chi connectivity index (χ0n) is 22.7. The number of sulfone groups is 1. The first-order valence-corrected chi connectivity index (χ1v) is 15.7. The third-order valence-electron chi connectivity index (χ3n) is 8.08. The number of nitrogens with zero attached hydrogens (tertiary/aromatic N) is 4. The monoisotopic (exact) mass is 552 g/mol. The van der Waals surface area contributed by atoms with Crippen LogP contribution in [-0.2, 0) is 9.84 Å². The van der Waals surface area contributed by atoms with Crippen LogP contribution in [0.3, 0.4) is 0 Å². The molecule has 2 fully saturated rings. The molecule has 2 N–H and O–H groups in total. The van der Waals surface area contributed by atoms with Crippen LogP contribution >= 0.6 is 0 Å². The highest BCUT2D eigenvalue weighted by atomic mass is 32.2. The summed E-state index contributed by atoms with van der Waals surface area (Å²) in [7, 11) is -2.98. The van der Waals surface area contributed by atoms with E-state index in [1.807, 2.05) is 18.3 Å². The summed E-state index contributed by atoms with van der Waals surface area (Å²) in [4.78, 5) is 39.6. The summed E-state index contributed by atoms with van der Waals surface area (Å²) in [5.74, 6) is 1.19. The molecule has 4 heterocycles. The molecule has 3 aromatic rings. The van der Waals surface area contributed by atoms with Crippen LogP contribution < -0.4 is 16.2 Å². The van der Waals surface area contributed by atoms with E-state index in [-0.39, 0.29) is 34.7 Å². The number of hydrogen-bond acceptors (Lipinski definition) is 9. The minimum atomic E-state index is -2.98. The highest BCUT2D eigenvalue weighted by Gasteiger charge is 2.26. The van der Waals surface area contributed by atoms with Gasteiger partial charge in [0.25, 0.3) is 5.56 Å². The first-order chi connectivity index (χ1) is 18.6. The largest absolute Gasteiger partial charge is 0.314 e. The predicted molar refractivity (Wildman–Crippen MR) is 152 cm³/mol. The van der Waals surface area contributed by atoms with Crippen molar-refractivity contribution in [2.24, 2.45) is 0 Å². The molecule has 1 saturated carbocycles. The van der Waals surface area contributed by atoms with E-state index in [4.69, 9.17) is 4.98 Å². The standard InChI is InChI=1S/C28H36N6O4S/c1-17-23-16-31-28(33-26(23)34(22-6-4-5-7-22)27(36)25(17)18(2)35)32-24-9-8-20(15-30-24)19-10-12-29-21(14-19)11-13-39(3,37)38/h8-9,15-16,19,21-22,29H,4-7,10-14H2,1-3H3,(H,30,31,32,33). The van der Waals surface area contributed by atoms with Crippen LogP contribution in [0.5, 0.6) is 0 Å². The molecule has 11 heteroatoms. The molecule has 5 rings (SSSR count). The van der Waals surface area contributed by atoms with Crippen molar-refractivity contribution < 1.29 is 13.2 Å². The summed E-state index contributed by atoms with van der Waals surface area (Å²) in [6.07, 6.45) is 11.1. The Labute approximate surface area is 228 Å². The topological polar surface area (TPSA) is 136 Å². The van der Waals surface area contributed by atoms with Gasteiger partial charge in [0.1, 0.15) is 21.3 Å². The normalized spacial score (nSPS) is 20.4. The number of fused-ring (bicyclic) bond motifs is 1. The molecule has 39 heavy (non-hydrogen) atoms. The van der Waals surface area contributed by atoms with Crippen LogP contribution in [0.2, 0.25) is 0 Å². The van der Waals surface area contributed by atoms with Crippen molar-refractivity contribution in [2.45, 2.75) is 76.8 Å². The van der Waals surface area contributed by atoms with E-state index in [0.717, 1.165) is 50.6 Å². The van der Waals surface area contributed by atoms with Crippen LogP contribution in [0.1, 0.15) is 85.3 Å². The molecule has 208 valence electrons. The van der Waals surface area contributed by atoms with E-state index in [9.17, 15) is 18.0 Å². The average molecular weight is 553 g/mol. The lowest BCUT2D eigenvalue weighted by Crippen LogP contribution is -2.38. The molecule has 2 atom stereocenters.